The van der Waals surface area contributed by atoms with Crippen molar-refractivity contribution in [3.8, 4) is 0 Å². The first-order valence-electron chi connectivity index (χ1n) is 8.22. The van der Waals surface area contributed by atoms with Gasteiger partial charge in [0.15, 0.2) is 0 Å². The van der Waals surface area contributed by atoms with Crippen molar-refractivity contribution in [3.05, 3.63) is 64.7 Å². The van der Waals surface area contributed by atoms with Crippen molar-refractivity contribution in [2.45, 2.75) is 33.2 Å². The van der Waals surface area contributed by atoms with Gasteiger partial charge < -0.3 is 10.2 Å². The van der Waals surface area contributed by atoms with E-state index in [0.29, 0.717) is 18.5 Å². The van der Waals surface area contributed by atoms with Crippen molar-refractivity contribution in [2.75, 3.05) is 11.4 Å². The molecule has 4 nitrogen and oxygen atoms in total. The molecule has 0 spiro atoms. The summed E-state index contributed by atoms with van der Waals surface area (Å²) in [5.41, 5.74) is 4.62. The van der Waals surface area contributed by atoms with E-state index < -0.39 is 6.04 Å². The second kappa shape index (κ2) is 6.48. The SMILES string of the molecule is Cc1ccc(N2CC[C@H](NC(=O)c3cc(C)ccc3C)C2=O)cc1. The normalized spacial score (nSPS) is 17.2. The van der Waals surface area contributed by atoms with E-state index in [2.05, 4.69) is 5.32 Å². The van der Waals surface area contributed by atoms with Crippen LogP contribution in [0.25, 0.3) is 0 Å². The number of carbonyl (C=O) groups excluding carboxylic acids is 2. The molecule has 24 heavy (non-hydrogen) atoms. The Bertz CT molecular complexity index is 781. The Morgan fingerprint density at radius 2 is 1.71 bits per heavy atom. The Kier molecular flexibility index (Phi) is 4.38. The number of anilines is 1. The van der Waals surface area contributed by atoms with Crippen LogP contribution in [-0.2, 0) is 4.79 Å². The highest BCUT2D eigenvalue weighted by atomic mass is 16.2. The fourth-order valence-electron chi connectivity index (χ4n) is 3.01. The van der Waals surface area contributed by atoms with Crippen molar-refractivity contribution < 1.29 is 9.59 Å². The van der Waals surface area contributed by atoms with Gasteiger partial charge in [-0.1, -0.05) is 35.4 Å². The van der Waals surface area contributed by atoms with E-state index in [1.54, 1.807) is 4.90 Å². The molecule has 2 aromatic rings. The molecule has 1 atom stereocenters. The highest BCUT2D eigenvalue weighted by Crippen LogP contribution is 2.22. The molecule has 1 saturated heterocycles. The third kappa shape index (κ3) is 3.18. The summed E-state index contributed by atoms with van der Waals surface area (Å²) in [4.78, 5) is 26.9. The standard InChI is InChI=1S/C20H22N2O2/c1-13-5-8-16(9-6-13)22-11-10-18(20(22)24)21-19(23)17-12-14(2)4-7-15(17)3/h4-9,12,18H,10-11H2,1-3H3,(H,21,23)/t18-/m0/s1. The molecule has 0 aliphatic carbocycles. The minimum Gasteiger partial charge on any atom is -0.340 e. The van der Waals surface area contributed by atoms with E-state index in [0.717, 1.165) is 22.4 Å². The maximum absolute atomic E-state index is 12.6. The molecule has 2 amide bonds. The van der Waals surface area contributed by atoms with E-state index in [9.17, 15) is 9.59 Å². The van der Waals surface area contributed by atoms with Gasteiger partial charge in [0.05, 0.1) is 0 Å². The van der Waals surface area contributed by atoms with Crippen LogP contribution in [0.1, 0.15) is 33.5 Å². The lowest BCUT2D eigenvalue weighted by Crippen LogP contribution is -2.41. The summed E-state index contributed by atoms with van der Waals surface area (Å²) >= 11 is 0. The molecule has 0 aromatic heterocycles. The lowest BCUT2D eigenvalue weighted by Gasteiger charge is -2.18. The number of hydrogen-bond acceptors (Lipinski definition) is 2. The van der Waals surface area contributed by atoms with E-state index in [-0.39, 0.29) is 11.8 Å². The second-order valence-electron chi connectivity index (χ2n) is 6.46. The molecule has 3 rings (SSSR count). The van der Waals surface area contributed by atoms with Crippen molar-refractivity contribution >= 4 is 17.5 Å². The lowest BCUT2D eigenvalue weighted by molar-refractivity contribution is -0.118. The van der Waals surface area contributed by atoms with E-state index in [4.69, 9.17) is 0 Å². The van der Waals surface area contributed by atoms with Gasteiger partial charge in [-0.05, 0) is 51.0 Å². The Morgan fingerprint density at radius 1 is 1.04 bits per heavy atom. The summed E-state index contributed by atoms with van der Waals surface area (Å²) < 4.78 is 0. The fraction of sp³-hybridized carbons (Fsp3) is 0.300. The molecule has 124 valence electrons. The van der Waals surface area contributed by atoms with Crippen molar-refractivity contribution in [2.24, 2.45) is 0 Å². The predicted octanol–water partition coefficient (Wildman–Crippen LogP) is 3.15. The molecular formula is C20H22N2O2. The number of carbonyl (C=O) groups is 2. The zero-order chi connectivity index (χ0) is 17.3. The molecule has 4 heteroatoms. The monoisotopic (exact) mass is 322 g/mol. The lowest BCUT2D eigenvalue weighted by atomic mass is 10.0. The van der Waals surface area contributed by atoms with E-state index >= 15 is 0 Å². The number of amides is 2. The number of nitrogens with one attached hydrogen (secondary N) is 1. The van der Waals surface area contributed by atoms with Crippen LogP contribution >= 0.6 is 0 Å². The molecule has 2 aromatic carbocycles. The number of nitrogens with zero attached hydrogens (tertiary/aromatic N) is 1. The van der Waals surface area contributed by atoms with Crippen LogP contribution < -0.4 is 10.2 Å². The third-order valence-electron chi connectivity index (χ3n) is 4.49. The van der Waals surface area contributed by atoms with Gasteiger partial charge in [0.2, 0.25) is 5.91 Å². The molecule has 1 aliphatic rings. The average molecular weight is 322 g/mol. The number of aryl methyl sites for hydroxylation is 3. The predicted molar refractivity (Wildman–Crippen MR) is 95.3 cm³/mol. The third-order valence-corrected chi connectivity index (χ3v) is 4.49. The number of hydrogen-bond donors (Lipinski definition) is 1. The van der Waals surface area contributed by atoms with Gasteiger partial charge in [0, 0.05) is 17.8 Å². The molecule has 1 fully saturated rings. The first-order valence-corrected chi connectivity index (χ1v) is 8.22. The molecular weight excluding hydrogens is 300 g/mol. The highest BCUT2D eigenvalue weighted by molar-refractivity contribution is 6.04. The highest BCUT2D eigenvalue weighted by Gasteiger charge is 2.33. The summed E-state index contributed by atoms with van der Waals surface area (Å²) in [5.74, 6) is -0.224. The minimum atomic E-state index is -0.460. The maximum atomic E-state index is 12.6. The summed E-state index contributed by atoms with van der Waals surface area (Å²) in [6.07, 6.45) is 0.628. The van der Waals surface area contributed by atoms with Crippen LogP contribution in [0.15, 0.2) is 42.5 Å². The molecule has 0 unspecified atom stereocenters. The molecule has 1 aliphatic heterocycles. The quantitative estimate of drug-likeness (QED) is 0.944. The van der Waals surface area contributed by atoms with Crippen LogP contribution in [0.3, 0.4) is 0 Å². The molecule has 0 radical (unpaired) electrons. The van der Waals surface area contributed by atoms with Gasteiger partial charge >= 0.3 is 0 Å². The van der Waals surface area contributed by atoms with E-state index in [1.807, 2.05) is 63.2 Å². The first kappa shape index (κ1) is 16.2. The zero-order valence-electron chi connectivity index (χ0n) is 14.3. The fourth-order valence-corrected chi connectivity index (χ4v) is 3.01. The Labute approximate surface area is 142 Å². The van der Waals surface area contributed by atoms with Crippen LogP contribution in [0.2, 0.25) is 0 Å². The van der Waals surface area contributed by atoms with Gasteiger partial charge in [-0.2, -0.15) is 0 Å². The minimum absolute atomic E-state index is 0.0440. The molecule has 1 heterocycles. The topological polar surface area (TPSA) is 49.4 Å². The van der Waals surface area contributed by atoms with Crippen LogP contribution in [-0.4, -0.2) is 24.4 Å². The summed E-state index contributed by atoms with van der Waals surface area (Å²) in [6, 6.07) is 13.2. The van der Waals surface area contributed by atoms with Crippen LogP contribution in [0.4, 0.5) is 5.69 Å². The van der Waals surface area contributed by atoms with Gasteiger partial charge in [-0.25, -0.2) is 0 Å². The second-order valence-corrected chi connectivity index (χ2v) is 6.46. The van der Waals surface area contributed by atoms with Gasteiger partial charge in [-0.3, -0.25) is 9.59 Å². The van der Waals surface area contributed by atoms with E-state index in [1.165, 1.54) is 0 Å². The molecule has 0 bridgehead atoms. The first-order chi connectivity index (χ1) is 11.5. The molecule has 0 saturated carbocycles. The van der Waals surface area contributed by atoms with Crippen LogP contribution in [0.5, 0.6) is 0 Å². The van der Waals surface area contributed by atoms with Crippen molar-refractivity contribution in [1.29, 1.82) is 0 Å². The Morgan fingerprint density at radius 3 is 2.42 bits per heavy atom. The smallest absolute Gasteiger partial charge is 0.252 e. The number of benzene rings is 2. The summed E-state index contributed by atoms with van der Waals surface area (Å²) in [5, 5.41) is 2.89. The van der Waals surface area contributed by atoms with Gasteiger partial charge in [-0.15, -0.1) is 0 Å². The van der Waals surface area contributed by atoms with Crippen molar-refractivity contribution in [3.63, 3.8) is 0 Å². The molecule has 1 N–H and O–H groups in total. The summed E-state index contributed by atoms with van der Waals surface area (Å²) in [6.45, 7) is 6.50. The zero-order valence-corrected chi connectivity index (χ0v) is 14.3. The Hall–Kier alpha value is -2.62. The van der Waals surface area contributed by atoms with Crippen LogP contribution in [0, 0.1) is 20.8 Å². The maximum Gasteiger partial charge on any atom is 0.252 e. The average Bonchev–Trinajstić information content (AvgIpc) is 2.91. The summed E-state index contributed by atoms with van der Waals surface area (Å²) in [7, 11) is 0. The van der Waals surface area contributed by atoms with Gasteiger partial charge in [0.1, 0.15) is 6.04 Å². The van der Waals surface area contributed by atoms with Gasteiger partial charge in [0.25, 0.3) is 5.91 Å². The number of rotatable bonds is 3. The largest absolute Gasteiger partial charge is 0.340 e. The Balaban J connectivity index is 1.72. The van der Waals surface area contributed by atoms with Crippen molar-refractivity contribution in [1.82, 2.24) is 5.32 Å².